The molecule has 0 amide bonds. The van der Waals surface area contributed by atoms with Gasteiger partial charge in [0.05, 0.1) is 11.6 Å². The van der Waals surface area contributed by atoms with Gasteiger partial charge in [-0.15, -0.1) is 0 Å². The van der Waals surface area contributed by atoms with E-state index in [4.69, 9.17) is 4.74 Å². The van der Waals surface area contributed by atoms with Gasteiger partial charge in [0, 0.05) is 20.7 Å². The molecule has 3 aromatic heterocycles. The monoisotopic (exact) mass is 289 g/mol. The topological polar surface area (TPSA) is 64.9 Å². The van der Waals surface area contributed by atoms with Gasteiger partial charge in [-0.1, -0.05) is 0 Å². The van der Waals surface area contributed by atoms with E-state index >= 15 is 0 Å². The lowest BCUT2D eigenvalue weighted by molar-refractivity contribution is 0.114. The van der Waals surface area contributed by atoms with Crippen LogP contribution in [0, 0.1) is 0 Å². The highest BCUT2D eigenvalue weighted by molar-refractivity contribution is 7.07. The summed E-state index contributed by atoms with van der Waals surface area (Å²) in [5, 5.41) is 12.6. The van der Waals surface area contributed by atoms with E-state index in [1.807, 2.05) is 12.4 Å². The zero-order valence-corrected chi connectivity index (χ0v) is 12.1. The molecule has 3 aromatic rings. The van der Waals surface area contributed by atoms with Crippen LogP contribution in [0.15, 0.2) is 29.4 Å². The molecule has 104 valence electrons. The summed E-state index contributed by atoms with van der Waals surface area (Å²) in [7, 11) is 3.58. The predicted molar refractivity (Wildman–Crippen MR) is 78.9 cm³/mol. The highest BCUT2D eigenvalue weighted by Gasteiger charge is 2.13. The predicted octanol–water partition coefficient (Wildman–Crippen LogP) is 2.22. The second kappa shape index (κ2) is 5.56. The van der Waals surface area contributed by atoms with Crippen molar-refractivity contribution in [3.05, 3.63) is 34.9 Å². The molecule has 0 fully saturated rings. The van der Waals surface area contributed by atoms with E-state index in [1.165, 1.54) is 5.56 Å². The van der Waals surface area contributed by atoms with Crippen LogP contribution in [0.1, 0.15) is 11.7 Å². The quantitative estimate of drug-likeness (QED) is 0.780. The largest absolute Gasteiger partial charge is 0.375 e. The van der Waals surface area contributed by atoms with Gasteiger partial charge in [-0.2, -0.15) is 16.4 Å². The standard InChI is InChI=1S/C13H15N5OS/c1-18-13-10(5-17-18)12(15-8-16-13)14-6-11(19-2)9-3-4-20-7-9/h3-5,7-8,11H,6H2,1-2H3,(H,14,15,16). The van der Waals surface area contributed by atoms with E-state index in [9.17, 15) is 0 Å². The molecule has 0 saturated carbocycles. The lowest BCUT2D eigenvalue weighted by Gasteiger charge is -2.15. The lowest BCUT2D eigenvalue weighted by atomic mass is 10.2. The third-order valence-electron chi connectivity index (χ3n) is 3.18. The van der Waals surface area contributed by atoms with Crippen molar-refractivity contribution in [1.29, 1.82) is 0 Å². The molecule has 6 nitrogen and oxygen atoms in total. The Balaban J connectivity index is 1.80. The van der Waals surface area contributed by atoms with Crippen LogP contribution in [0.5, 0.6) is 0 Å². The van der Waals surface area contributed by atoms with Gasteiger partial charge in [0.15, 0.2) is 5.65 Å². The van der Waals surface area contributed by atoms with Gasteiger partial charge < -0.3 is 10.1 Å². The summed E-state index contributed by atoms with van der Waals surface area (Å²) < 4.78 is 7.24. The first-order chi connectivity index (χ1) is 9.79. The highest BCUT2D eigenvalue weighted by atomic mass is 32.1. The van der Waals surface area contributed by atoms with Crippen LogP contribution in [0.2, 0.25) is 0 Å². The molecule has 0 radical (unpaired) electrons. The molecule has 1 N–H and O–H groups in total. The Labute approximate surface area is 120 Å². The number of fused-ring (bicyclic) bond motifs is 1. The number of nitrogens with zero attached hydrogens (tertiary/aromatic N) is 4. The molecule has 1 unspecified atom stereocenters. The Morgan fingerprint density at radius 3 is 3.10 bits per heavy atom. The van der Waals surface area contributed by atoms with Gasteiger partial charge in [-0.3, -0.25) is 4.68 Å². The van der Waals surface area contributed by atoms with E-state index < -0.39 is 0 Å². The van der Waals surface area contributed by atoms with E-state index in [2.05, 4.69) is 31.8 Å². The zero-order chi connectivity index (χ0) is 13.9. The third-order valence-corrected chi connectivity index (χ3v) is 3.89. The Kier molecular flexibility index (Phi) is 3.62. The summed E-state index contributed by atoms with van der Waals surface area (Å²) >= 11 is 1.66. The number of methoxy groups -OCH3 is 1. The number of nitrogens with one attached hydrogen (secondary N) is 1. The molecule has 0 spiro atoms. The first-order valence-corrected chi connectivity index (χ1v) is 7.15. The molecule has 0 bridgehead atoms. The Morgan fingerprint density at radius 2 is 2.35 bits per heavy atom. The maximum Gasteiger partial charge on any atom is 0.163 e. The third kappa shape index (κ3) is 2.37. The molecule has 1 atom stereocenters. The van der Waals surface area contributed by atoms with Crippen LogP contribution in [0.4, 0.5) is 5.82 Å². The summed E-state index contributed by atoms with van der Waals surface area (Å²) in [5.74, 6) is 0.778. The fraction of sp³-hybridized carbons (Fsp3) is 0.308. The van der Waals surface area contributed by atoms with Gasteiger partial charge >= 0.3 is 0 Å². The van der Waals surface area contributed by atoms with Crippen molar-refractivity contribution in [2.75, 3.05) is 19.0 Å². The van der Waals surface area contributed by atoms with Gasteiger partial charge in [-0.25, -0.2) is 9.97 Å². The van der Waals surface area contributed by atoms with Crippen molar-refractivity contribution in [2.24, 2.45) is 7.05 Å². The van der Waals surface area contributed by atoms with E-state index in [0.29, 0.717) is 6.54 Å². The lowest BCUT2D eigenvalue weighted by Crippen LogP contribution is -2.14. The SMILES string of the molecule is COC(CNc1ncnc2c1cnn2C)c1ccsc1. The molecule has 7 heteroatoms. The minimum atomic E-state index is 0.00272. The molecule has 3 rings (SSSR count). The van der Waals surface area contributed by atoms with Gasteiger partial charge in [0.1, 0.15) is 18.2 Å². The maximum absolute atomic E-state index is 5.51. The number of aryl methyl sites for hydroxylation is 1. The fourth-order valence-electron chi connectivity index (χ4n) is 2.09. The first-order valence-electron chi connectivity index (χ1n) is 6.21. The molecule has 20 heavy (non-hydrogen) atoms. The number of hydrogen-bond donors (Lipinski definition) is 1. The van der Waals surface area contributed by atoms with Crippen molar-refractivity contribution in [3.8, 4) is 0 Å². The molecular weight excluding hydrogens is 274 g/mol. The molecule has 0 aliphatic rings. The smallest absolute Gasteiger partial charge is 0.163 e. The minimum absolute atomic E-state index is 0.00272. The Hall–Kier alpha value is -1.99. The van der Waals surface area contributed by atoms with E-state index in [-0.39, 0.29) is 6.10 Å². The van der Waals surface area contributed by atoms with Crippen LogP contribution in [-0.2, 0) is 11.8 Å². The van der Waals surface area contributed by atoms with Crippen LogP contribution >= 0.6 is 11.3 Å². The molecule has 0 aliphatic heterocycles. The van der Waals surface area contributed by atoms with E-state index in [1.54, 1.807) is 35.7 Å². The fourth-order valence-corrected chi connectivity index (χ4v) is 2.79. The van der Waals surface area contributed by atoms with Crippen molar-refractivity contribution < 1.29 is 4.74 Å². The molecule has 3 heterocycles. The van der Waals surface area contributed by atoms with Crippen molar-refractivity contribution in [2.45, 2.75) is 6.10 Å². The first kappa shape index (κ1) is 13.0. The average Bonchev–Trinajstić information content (AvgIpc) is 3.11. The van der Waals surface area contributed by atoms with Gasteiger partial charge in [0.25, 0.3) is 0 Å². The summed E-state index contributed by atoms with van der Waals surface area (Å²) in [6.07, 6.45) is 3.31. The Bertz CT molecular complexity index is 694. The number of hydrogen-bond acceptors (Lipinski definition) is 6. The maximum atomic E-state index is 5.51. The average molecular weight is 289 g/mol. The highest BCUT2D eigenvalue weighted by Crippen LogP contribution is 2.22. The number of aromatic nitrogens is 4. The van der Waals surface area contributed by atoms with Crippen molar-refractivity contribution in [1.82, 2.24) is 19.7 Å². The summed E-state index contributed by atoms with van der Waals surface area (Å²) in [4.78, 5) is 8.50. The molecular formula is C13H15N5OS. The summed E-state index contributed by atoms with van der Waals surface area (Å²) in [6, 6.07) is 2.07. The van der Waals surface area contributed by atoms with Crippen molar-refractivity contribution in [3.63, 3.8) is 0 Å². The van der Waals surface area contributed by atoms with Crippen LogP contribution in [0.25, 0.3) is 11.0 Å². The minimum Gasteiger partial charge on any atom is -0.375 e. The molecule has 0 aromatic carbocycles. The van der Waals surface area contributed by atoms with Crippen molar-refractivity contribution >= 4 is 28.2 Å². The number of thiophene rings is 1. The number of ether oxygens (including phenoxy) is 1. The normalized spacial score (nSPS) is 12.7. The second-order valence-corrected chi connectivity index (χ2v) is 5.17. The molecule has 0 aliphatic carbocycles. The second-order valence-electron chi connectivity index (χ2n) is 4.39. The Morgan fingerprint density at radius 1 is 1.45 bits per heavy atom. The van der Waals surface area contributed by atoms with Crippen LogP contribution < -0.4 is 5.32 Å². The van der Waals surface area contributed by atoms with Crippen LogP contribution in [0.3, 0.4) is 0 Å². The summed E-state index contributed by atoms with van der Waals surface area (Å²) in [6.45, 7) is 0.647. The zero-order valence-electron chi connectivity index (χ0n) is 11.3. The van der Waals surface area contributed by atoms with E-state index in [0.717, 1.165) is 16.9 Å². The van der Waals surface area contributed by atoms with Crippen LogP contribution in [-0.4, -0.2) is 33.4 Å². The number of anilines is 1. The summed E-state index contributed by atoms with van der Waals surface area (Å²) in [5.41, 5.74) is 1.98. The number of rotatable bonds is 5. The molecule has 0 saturated heterocycles. The van der Waals surface area contributed by atoms with Gasteiger partial charge in [-0.05, 0) is 22.4 Å². The van der Waals surface area contributed by atoms with Gasteiger partial charge in [0.2, 0.25) is 0 Å².